The molecule has 3 heterocycles. The fourth-order valence-corrected chi connectivity index (χ4v) is 4.16. The maximum atomic E-state index is 10.8. The molecule has 1 unspecified atom stereocenters. The first kappa shape index (κ1) is 17.4. The summed E-state index contributed by atoms with van der Waals surface area (Å²) >= 11 is 0. The second-order valence-corrected chi connectivity index (χ2v) is 7.76. The number of aromatic nitrogens is 3. The molecule has 2 saturated heterocycles. The minimum Gasteiger partial charge on any atom is -0.383 e. The molecule has 8 nitrogen and oxygen atoms in total. The lowest BCUT2D eigenvalue weighted by Gasteiger charge is -2.29. The predicted molar refractivity (Wildman–Crippen MR) is 86.5 cm³/mol. The number of hydrogen-bond acceptors (Lipinski definition) is 7. The Morgan fingerprint density at radius 2 is 1.96 bits per heavy atom. The van der Waals surface area contributed by atoms with Crippen molar-refractivity contribution in [1.29, 1.82) is 0 Å². The third-order valence-electron chi connectivity index (χ3n) is 5.40. The molecule has 2 aliphatic heterocycles. The van der Waals surface area contributed by atoms with Gasteiger partial charge in [-0.05, 0) is 26.7 Å². The molecule has 4 rings (SSSR count). The van der Waals surface area contributed by atoms with Gasteiger partial charge < -0.3 is 24.1 Å². The lowest BCUT2D eigenvalue weighted by Crippen LogP contribution is -2.33. The van der Waals surface area contributed by atoms with Gasteiger partial charge in [0.15, 0.2) is 12.1 Å². The van der Waals surface area contributed by atoms with E-state index in [1.807, 2.05) is 20.0 Å². The van der Waals surface area contributed by atoms with Crippen molar-refractivity contribution in [1.82, 2.24) is 15.0 Å². The number of fused-ring (bicyclic) bond motifs is 1. The zero-order valence-electron chi connectivity index (χ0n) is 15.1. The molecular formula is C17H27N3O5. The van der Waals surface area contributed by atoms with Gasteiger partial charge in [0.1, 0.15) is 29.6 Å². The van der Waals surface area contributed by atoms with Crippen molar-refractivity contribution in [2.45, 2.75) is 88.5 Å². The Kier molecular flexibility index (Phi) is 4.36. The highest BCUT2D eigenvalue weighted by Gasteiger charge is 2.55. The smallest absolute Gasteiger partial charge is 0.186 e. The van der Waals surface area contributed by atoms with Crippen LogP contribution in [0.25, 0.3) is 0 Å². The molecule has 0 amide bonds. The molecule has 1 aromatic rings. The summed E-state index contributed by atoms with van der Waals surface area (Å²) < 4.78 is 24.9. The number of ether oxygens (including phenoxy) is 4. The van der Waals surface area contributed by atoms with Gasteiger partial charge in [-0.25, -0.2) is 4.68 Å². The van der Waals surface area contributed by atoms with Crippen LogP contribution >= 0.6 is 0 Å². The van der Waals surface area contributed by atoms with E-state index in [0.29, 0.717) is 12.2 Å². The Morgan fingerprint density at radius 3 is 2.68 bits per heavy atom. The monoisotopic (exact) mass is 353 g/mol. The van der Waals surface area contributed by atoms with Gasteiger partial charge in [0.25, 0.3) is 0 Å². The van der Waals surface area contributed by atoms with Gasteiger partial charge in [-0.2, -0.15) is 0 Å². The van der Waals surface area contributed by atoms with Crippen LogP contribution in [0.1, 0.15) is 51.6 Å². The molecule has 3 aliphatic rings. The average Bonchev–Trinajstić information content (AvgIpc) is 3.23. The number of rotatable bonds is 4. The molecular weight excluding hydrogens is 326 g/mol. The van der Waals surface area contributed by atoms with E-state index >= 15 is 0 Å². The number of hydrogen-bond donors (Lipinski definition) is 1. The molecule has 3 fully saturated rings. The first-order valence-electron chi connectivity index (χ1n) is 9.07. The molecule has 25 heavy (non-hydrogen) atoms. The van der Waals surface area contributed by atoms with Crippen LogP contribution in [0.15, 0.2) is 6.20 Å². The quantitative estimate of drug-likeness (QED) is 0.873. The SMILES string of the molecule is CO[C@@H]1O[C@H](Cn2cc(C3(O)CCCCC3)nn2)[C@@H]2OC(C)(C)OC12. The summed E-state index contributed by atoms with van der Waals surface area (Å²) in [6, 6.07) is 0. The Balaban J connectivity index is 1.47. The van der Waals surface area contributed by atoms with Crippen LogP contribution in [0.4, 0.5) is 0 Å². The van der Waals surface area contributed by atoms with Gasteiger partial charge in [-0.1, -0.05) is 24.5 Å². The number of aliphatic hydroxyl groups is 1. The molecule has 1 aliphatic carbocycles. The van der Waals surface area contributed by atoms with Gasteiger partial charge in [-0.15, -0.1) is 5.10 Å². The van der Waals surface area contributed by atoms with Crippen molar-refractivity contribution in [2.24, 2.45) is 0 Å². The van der Waals surface area contributed by atoms with Gasteiger partial charge >= 0.3 is 0 Å². The van der Waals surface area contributed by atoms with Crippen LogP contribution in [-0.2, 0) is 31.1 Å². The largest absolute Gasteiger partial charge is 0.383 e. The predicted octanol–water partition coefficient (Wildman–Crippen LogP) is 1.32. The summed E-state index contributed by atoms with van der Waals surface area (Å²) in [5.41, 5.74) is -0.200. The highest BCUT2D eigenvalue weighted by Crippen LogP contribution is 2.40. The normalized spacial score (nSPS) is 36.5. The summed E-state index contributed by atoms with van der Waals surface area (Å²) in [5, 5.41) is 19.2. The molecule has 0 bridgehead atoms. The lowest BCUT2D eigenvalue weighted by molar-refractivity contribution is -0.228. The third-order valence-corrected chi connectivity index (χ3v) is 5.40. The molecule has 1 N–H and O–H groups in total. The van der Waals surface area contributed by atoms with E-state index in [2.05, 4.69) is 10.3 Å². The highest BCUT2D eigenvalue weighted by molar-refractivity contribution is 5.08. The van der Waals surface area contributed by atoms with E-state index in [1.165, 1.54) is 6.42 Å². The standard InChI is InChI=1S/C17H27N3O5/c1-16(2)24-13-11(23-15(22-3)14(13)25-16)9-20-10-12(18-19-20)17(21)7-5-4-6-8-17/h10-11,13-15,21H,4-9H2,1-3H3/t11-,13+,14?,15-/m1/s1. The second kappa shape index (κ2) is 6.28. The van der Waals surface area contributed by atoms with Crippen LogP contribution in [0, 0.1) is 0 Å². The summed E-state index contributed by atoms with van der Waals surface area (Å²) in [4.78, 5) is 0. The first-order valence-corrected chi connectivity index (χ1v) is 9.07. The van der Waals surface area contributed by atoms with Crippen molar-refractivity contribution in [3.8, 4) is 0 Å². The van der Waals surface area contributed by atoms with Crippen LogP contribution in [0.2, 0.25) is 0 Å². The molecule has 8 heteroatoms. The van der Waals surface area contributed by atoms with Gasteiger partial charge in [0, 0.05) is 7.11 Å². The number of methoxy groups -OCH3 is 1. The fourth-order valence-electron chi connectivity index (χ4n) is 4.16. The lowest BCUT2D eigenvalue weighted by atomic mass is 9.83. The molecule has 0 spiro atoms. The summed E-state index contributed by atoms with van der Waals surface area (Å²) in [6.07, 6.45) is 5.35. The second-order valence-electron chi connectivity index (χ2n) is 7.76. The van der Waals surface area contributed by atoms with Crippen molar-refractivity contribution in [3.63, 3.8) is 0 Å². The van der Waals surface area contributed by atoms with Crippen LogP contribution in [0.3, 0.4) is 0 Å². The minimum absolute atomic E-state index is 0.217. The van der Waals surface area contributed by atoms with E-state index in [1.54, 1.807) is 11.8 Å². The maximum absolute atomic E-state index is 10.8. The van der Waals surface area contributed by atoms with Gasteiger partial charge in [0.05, 0.1) is 12.7 Å². The zero-order chi connectivity index (χ0) is 17.7. The van der Waals surface area contributed by atoms with Crippen LogP contribution < -0.4 is 0 Å². The minimum atomic E-state index is -0.848. The Morgan fingerprint density at radius 1 is 1.24 bits per heavy atom. The Bertz CT molecular complexity index is 613. The van der Waals surface area contributed by atoms with E-state index in [4.69, 9.17) is 18.9 Å². The van der Waals surface area contributed by atoms with E-state index < -0.39 is 17.7 Å². The van der Waals surface area contributed by atoms with E-state index in [0.717, 1.165) is 25.7 Å². The van der Waals surface area contributed by atoms with Crippen molar-refractivity contribution >= 4 is 0 Å². The third kappa shape index (κ3) is 3.21. The molecule has 140 valence electrons. The maximum Gasteiger partial charge on any atom is 0.186 e. The Hall–Kier alpha value is -1.06. The van der Waals surface area contributed by atoms with Crippen LogP contribution in [-0.4, -0.2) is 57.6 Å². The molecule has 0 aromatic carbocycles. The number of nitrogens with zero attached hydrogens (tertiary/aromatic N) is 3. The van der Waals surface area contributed by atoms with Gasteiger partial charge in [0.2, 0.25) is 0 Å². The summed E-state index contributed by atoms with van der Waals surface area (Å²) in [5.74, 6) is -0.654. The molecule has 1 aromatic heterocycles. The summed E-state index contributed by atoms with van der Waals surface area (Å²) in [7, 11) is 1.60. The van der Waals surface area contributed by atoms with Crippen molar-refractivity contribution in [3.05, 3.63) is 11.9 Å². The first-order chi connectivity index (χ1) is 11.9. The Labute approximate surface area is 147 Å². The molecule has 1 saturated carbocycles. The zero-order valence-corrected chi connectivity index (χ0v) is 15.1. The molecule has 4 atom stereocenters. The fraction of sp³-hybridized carbons (Fsp3) is 0.882. The van der Waals surface area contributed by atoms with Gasteiger partial charge in [-0.3, -0.25) is 0 Å². The van der Waals surface area contributed by atoms with Crippen molar-refractivity contribution < 1.29 is 24.1 Å². The highest BCUT2D eigenvalue weighted by atomic mass is 16.8. The average molecular weight is 353 g/mol. The van der Waals surface area contributed by atoms with E-state index in [9.17, 15) is 5.11 Å². The molecule has 0 radical (unpaired) electrons. The van der Waals surface area contributed by atoms with Crippen LogP contribution in [0.5, 0.6) is 0 Å². The summed E-state index contributed by atoms with van der Waals surface area (Å²) in [6.45, 7) is 4.26. The van der Waals surface area contributed by atoms with Crippen molar-refractivity contribution in [2.75, 3.05) is 7.11 Å². The van der Waals surface area contributed by atoms with E-state index in [-0.39, 0.29) is 18.3 Å². The topological polar surface area (TPSA) is 87.9 Å².